The Bertz CT molecular complexity index is 392. The highest BCUT2D eigenvalue weighted by atomic mass is 32.1. The van der Waals surface area contributed by atoms with Gasteiger partial charge in [0.2, 0.25) is 0 Å². The predicted octanol–water partition coefficient (Wildman–Crippen LogP) is 4.05. The van der Waals surface area contributed by atoms with Crippen LogP contribution in [0.4, 0.5) is 0 Å². The molecule has 0 fully saturated rings. The highest BCUT2D eigenvalue weighted by Gasteiger charge is 2.08. The van der Waals surface area contributed by atoms with E-state index < -0.39 is 0 Å². The van der Waals surface area contributed by atoms with E-state index in [-0.39, 0.29) is 0 Å². The summed E-state index contributed by atoms with van der Waals surface area (Å²) >= 11 is 5.05. The van der Waals surface area contributed by atoms with Gasteiger partial charge in [-0.25, -0.2) is 0 Å². The highest BCUT2D eigenvalue weighted by Crippen LogP contribution is 2.15. The molecule has 0 amide bonds. The van der Waals surface area contributed by atoms with E-state index in [1.54, 1.807) is 0 Å². The van der Waals surface area contributed by atoms with E-state index in [2.05, 4.69) is 13.8 Å². The van der Waals surface area contributed by atoms with Crippen molar-refractivity contribution in [2.24, 2.45) is 11.7 Å². The Kier molecular flexibility index (Phi) is 7.68. The lowest BCUT2D eigenvalue weighted by atomic mass is 10.0. The lowest BCUT2D eigenvalue weighted by Gasteiger charge is -2.15. The van der Waals surface area contributed by atoms with Crippen LogP contribution in [0.15, 0.2) is 24.3 Å². The minimum Gasteiger partial charge on any atom is -0.389 e. The van der Waals surface area contributed by atoms with Gasteiger partial charge in [-0.15, -0.1) is 0 Å². The third kappa shape index (κ3) is 5.70. The zero-order valence-corrected chi connectivity index (χ0v) is 12.8. The Morgan fingerprint density at radius 2 is 2.05 bits per heavy atom. The molecular weight excluding hydrogens is 254 g/mol. The van der Waals surface area contributed by atoms with E-state index >= 15 is 0 Å². The summed E-state index contributed by atoms with van der Waals surface area (Å²) in [4.78, 5) is 0.442. The Hall–Kier alpha value is -0.930. The highest BCUT2D eigenvalue weighted by molar-refractivity contribution is 7.80. The van der Waals surface area contributed by atoms with Crippen molar-refractivity contribution < 1.29 is 4.74 Å². The van der Waals surface area contributed by atoms with Gasteiger partial charge in [0.05, 0.1) is 6.61 Å². The summed E-state index contributed by atoms with van der Waals surface area (Å²) in [5, 5.41) is 0. The minimum absolute atomic E-state index is 0.442. The number of ether oxygens (including phenoxy) is 1. The van der Waals surface area contributed by atoms with Gasteiger partial charge in [-0.2, -0.15) is 0 Å². The molecule has 1 atom stereocenters. The fraction of sp³-hybridized carbons (Fsp3) is 0.562. The molecule has 2 nitrogen and oxygen atoms in total. The Balaban J connectivity index is 2.46. The van der Waals surface area contributed by atoms with Crippen LogP contribution in [0.1, 0.15) is 50.7 Å². The lowest BCUT2D eigenvalue weighted by Crippen LogP contribution is -2.14. The summed E-state index contributed by atoms with van der Waals surface area (Å²) < 4.78 is 5.85. The van der Waals surface area contributed by atoms with Crippen LogP contribution in [0.5, 0.6) is 0 Å². The van der Waals surface area contributed by atoms with Crippen LogP contribution in [0, 0.1) is 5.92 Å². The largest absolute Gasteiger partial charge is 0.389 e. The molecule has 0 saturated heterocycles. The van der Waals surface area contributed by atoms with Crippen molar-refractivity contribution in [3.05, 3.63) is 35.4 Å². The maximum absolute atomic E-state index is 5.85. The lowest BCUT2D eigenvalue weighted by molar-refractivity contribution is 0.0819. The van der Waals surface area contributed by atoms with Crippen molar-refractivity contribution in [3.8, 4) is 0 Å². The first-order valence-electron chi connectivity index (χ1n) is 7.14. The zero-order chi connectivity index (χ0) is 14.1. The maximum Gasteiger partial charge on any atom is 0.104 e. The maximum atomic E-state index is 5.85. The van der Waals surface area contributed by atoms with Crippen molar-refractivity contribution in [1.82, 2.24) is 0 Å². The molecule has 2 N–H and O–H groups in total. The van der Waals surface area contributed by atoms with Gasteiger partial charge in [0, 0.05) is 12.2 Å². The molecule has 0 spiro atoms. The third-order valence-electron chi connectivity index (χ3n) is 3.44. The van der Waals surface area contributed by atoms with Crippen molar-refractivity contribution in [3.63, 3.8) is 0 Å². The molecule has 0 heterocycles. The SMILES string of the molecule is CCCCC(CC)COCc1ccccc1C(N)=S. The summed E-state index contributed by atoms with van der Waals surface area (Å²) in [6.07, 6.45) is 4.97. The molecule has 0 aliphatic rings. The molecule has 1 rings (SSSR count). The fourth-order valence-corrected chi connectivity index (χ4v) is 2.32. The van der Waals surface area contributed by atoms with Gasteiger partial charge in [0.1, 0.15) is 4.99 Å². The third-order valence-corrected chi connectivity index (χ3v) is 3.66. The number of rotatable bonds is 9. The Morgan fingerprint density at radius 3 is 2.68 bits per heavy atom. The smallest absolute Gasteiger partial charge is 0.104 e. The molecule has 19 heavy (non-hydrogen) atoms. The molecule has 3 heteroatoms. The van der Waals surface area contributed by atoms with Gasteiger partial charge in [-0.05, 0) is 17.9 Å². The van der Waals surface area contributed by atoms with E-state index in [0.29, 0.717) is 17.5 Å². The standard InChI is InChI=1S/C16H25NOS/c1-3-5-8-13(4-2)11-18-12-14-9-6-7-10-15(14)16(17)19/h6-7,9-10,13H,3-5,8,11-12H2,1-2H3,(H2,17,19). The predicted molar refractivity (Wildman–Crippen MR) is 85.3 cm³/mol. The first-order valence-corrected chi connectivity index (χ1v) is 7.55. The van der Waals surface area contributed by atoms with E-state index in [1.165, 1.54) is 25.7 Å². The minimum atomic E-state index is 0.442. The molecular formula is C16H25NOS. The van der Waals surface area contributed by atoms with Crippen molar-refractivity contribution in [1.29, 1.82) is 0 Å². The molecule has 1 unspecified atom stereocenters. The van der Waals surface area contributed by atoms with Gasteiger partial charge in [0.25, 0.3) is 0 Å². The first-order chi connectivity index (χ1) is 9.19. The van der Waals surface area contributed by atoms with Crippen LogP contribution >= 0.6 is 12.2 Å². The van der Waals surface area contributed by atoms with Gasteiger partial charge < -0.3 is 10.5 Å². The van der Waals surface area contributed by atoms with Gasteiger partial charge in [0.15, 0.2) is 0 Å². The normalized spacial score (nSPS) is 12.3. The number of hydrogen-bond acceptors (Lipinski definition) is 2. The Labute approximate surface area is 122 Å². The molecule has 0 aliphatic heterocycles. The van der Waals surface area contributed by atoms with Crippen molar-refractivity contribution in [2.45, 2.75) is 46.1 Å². The molecule has 0 saturated carbocycles. The molecule has 106 valence electrons. The van der Waals surface area contributed by atoms with E-state index in [4.69, 9.17) is 22.7 Å². The van der Waals surface area contributed by atoms with Crippen molar-refractivity contribution >= 4 is 17.2 Å². The second-order valence-corrected chi connectivity index (χ2v) is 5.39. The summed E-state index contributed by atoms with van der Waals surface area (Å²) in [6.45, 7) is 5.87. The van der Waals surface area contributed by atoms with Crippen molar-refractivity contribution in [2.75, 3.05) is 6.61 Å². The quantitative estimate of drug-likeness (QED) is 0.693. The number of unbranched alkanes of at least 4 members (excludes halogenated alkanes) is 1. The number of nitrogens with two attached hydrogens (primary N) is 1. The molecule has 0 radical (unpaired) electrons. The number of hydrogen-bond donors (Lipinski definition) is 1. The summed E-state index contributed by atoms with van der Waals surface area (Å²) in [7, 11) is 0. The Morgan fingerprint density at radius 1 is 1.32 bits per heavy atom. The monoisotopic (exact) mass is 279 g/mol. The number of thiocarbonyl (C=S) groups is 1. The first kappa shape index (κ1) is 16.1. The van der Waals surface area contributed by atoms with Gasteiger partial charge >= 0.3 is 0 Å². The average Bonchev–Trinajstić information content (AvgIpc) is 2.43. The topological polar surface area (TPSA) is 35.2 Å². The van der Waals surface area contributed by atoms with Crippen LogP contribution in [-0.2, 0) is 11.3 Å². The van der Waals surface area contributed by atoms with E-state index in [1.807, 2.05) is 24.3 Å². The molecule has 0 bridgehead atoms. The van der Waals surface area contributed by atoms with Gasteiger partial charge in [-0.3, -0.25) is 0 Å². The summed E-state index contributed by atoms with van der Waals surface area (Å²) in [5.74, 6) is 0.664. The molecule has 1 aromatic rings. The van der Waals surface area contributed by atoms with Crippen LogP contribution in [0.3, 0.4) is 0 Å². The molecule has 0 aliphatic carbocycles. The second kappa shape index (κ2) is 9.05. The van der Waals surface area contributed by atoms with Crippen LogP contribution in [-0.4, -0.2) is 11.6 Å². The average molecular weight is 279 g/mol. The van der Waals surface area contributed by atoms with Crippen LogP contribution < -0.4 is 5.73 Å². The fourth-order valence-electron chi connectivity index (χ4n) is 2.12. The van der Waals surface area contributed by atoms with Crippen LogP contribution in [0.25, 0.3) is 0 Å². The van der Waals surface area contributed by atoms with E-state index in [0.717, 1.165) is 17.7 Å². The second-order valence-electron chi connectivity index (χ2n) is 4.95. The summed E-state index contributed by atoms with van der Waals surface area (Å²) in [6, 6.07) is 7.93. The zero-order valence-electron chi connectivity index (χ0n) is 12.0. The van der Waals surface area contributed by atoms with Crippen LogP contribution in [0.2, 0.25) is 0 Å². The molecule has 0 aromatic heterocycles. The summed E-state index contributed by atoms with van der Waals surface area (Å²) in [5.41, 5.74) is 7.73. The molecule has 1 aromatic carbocycles. The van der Waals surface area contributed by atoms with E-state index in [9.17, 15) is 0 Å². The van der Waals surface area contributed by atoms with Gasteiger partial charge in [-0.1, -0.05) is 69.6 Å². The number of benzene rings is 1.